The molecule has 1 aromatic carbocycles. The second-order valence-corrected chi connectivity index (χ2v) is 6.35. The number of carbonyl (C=O) groups excluding carboxylic acids is 1. The van der Waals surface area contributed by atoms with Crippen molar-refractivity contribution in [1.29, 1.82) is 0 Å². The lowest BCUT2D eigenvalue weighted by Gasteiger charge is -2.14. The fraction of sp³-hybridized carbons (Fsp3) is 0.250. The molecule has 8 heteroatoms. The molecule has 0 unspecified atom stereocenters. The average Bonchev–Trinajstić information content (AvgIpc) is 2.69. The first-order chi connectivity index (χ1) is 13.5. The van der Waals surface area contributed by atoms with Crippen molar-refractivity contribution in [2.24, 2.45) is 0 Å². The number of nitrogens with zero attached hydrogens (tertiary/aromatic N) is 2. The predicted molar refractivity (Wildman–Crippen MR) is 102 cm³/mol. The molecule has 0 radical (unpaired) electrons. The van der Waals surface area contributed by atoms with Crippen molar-refractivity contribution in [2.75, 3.05) is 13.7 Å². The zero-order valence-electron chi connectivity index (χ0n) is 15.3. The maximum absolute atomic E-state index is 13.1. The van der Waals surface area contributed by atoms with E-state index in [1.165, 1.54) is 23.7 Å². The van der Waals surface area contributed by atoms with Gasteiger partial charge in [-0.3, -0.25) is 14.6 Å². The molecule has 0 fully saturated rings. The highest BCUT2D eigenvalue weighted by Gasteiger charge is 2.22. The third-order valence-electron chi connectivity index (χ3n) is 4.45. The van der Waals surface area contributed by atoms with Crippen LogP contribution < -0.4 is 10.9 Å². The summed E-state index contributed by atoms with van der Waals surface area (Å²) in [5.41, 5.74) is 1.06. The van der Waals surface area contributed by atoms with Crippen molar-refractivity contribution in [3.05, 3.63) is 69.4 Å². The summed E-state index contributed by atoms with van der Waals surface area (Å²) in [4.78, 5) is 29.1. The van der Waals surface area contributed by atoms with Crippen molar-refractivity contribution in [3.63, 3.8) is 0 Å². The highest BCUT2D eigenvalue weighted by atomic mass is 19.1. The van der Waals surface area contributed by atoms with E-state index in [0.29, 0.717) is 18.4 Å². The van der Waals surface area contributed by atoms with Crippen LogP contribution in [0.2, 0.25) is 0 Å². The molecule has 146 valence electrons. The minimum atomic E-state index is -0.709. The number of carbonyl (C=O) groups is 1. The monoisotopic (exact) mass is 385 g/mol. The number of halogens is 1. The van der Waals surface area contributed by atoms with E-state index in [-0.39, 0.29) is 30.0 Å². The summed E-state index contributed by atoms with van der Waals surface area (Å²) in [6.45, 7) is 0.0323. The SMILES string of the molecule is CNC(=O)c1c(O)c2ncc(Cc3ccc(F)cc3)cc2n(CCCO)c1=O. The van der Waals surface area contributed by atoms with Crippen LogP contribution in [0.1, 0.15) is 27.9 Å². The fourth-order valence-corrected chi connectivity index (χ4v) is 3.06. The largest absolute Gasteiger partial charge is 0.505 e. The number of pyridine rings is 2. The van der Waals surface area contributed by atoms with Gasteiger partial charge in [0.15, 0.2) is 5.75 Å². The zero-order chi connectivity index (χ0) is 20.3. The molecule has 0 atom stereocenters. The Morgan fingerprint density at radius 3 is 2.61 bits per heavy atom. The number of aromatic nitrogens is 2. The minimum absolute atomic E-state index is 0.124. The summed E-state index contributed by atoms with van der Waals surface area (Å²) in [5.74, 6) is -1.52. The molecule has 1 amide bonds. The van der Waals surface area contributed by atoms with Gasteiger partial charge >= 0.3 is 0 Å². The van der Waals surface area contributed by atoms with Gasteiger partial charge in [0.2, 0.25) is 0 Å². The van der Waals surface area contributed by atoms with Gasteiger partial charge in [0.1, 0.15) is 16.9 Å². The van der Waals surface area contributed by atoms with Crippen LogP contribution in [0.4, 0.5) is 4.39 Å². The summed E-state index contributed by atoms with van der Waals surface area (Å²) >= 11 is 0. The van der Waals surface area contributed by atoms with Crippen molar-refractivity contribution in [1.82, 2.24) is 14.9 Å². The van der Waals surface area contributed by atoms with Gasteiger partial charge in [0.05, 0.1) is 5.52 Å². The highest BCUT2D eigenvalue weighted by molar-refractivity contribution is 6.01. The number of fused-ring (bicyclic) bond motifs is 1. The maximum atomic E-state index is 13.1. The van der Waals surface area contributed by atoms with Gasteiger partial charge < -0.3 is 20.1 Å². The number of rotatable bonds is 6. The molecule has 0 aliphatic rings. The van der Waals surface area contributed by atoms with Gasteiger partial charge in [-0.05, 0) is 42.2 Å². The van der Waals surface area contributed by atoms with Crippen LogP contribution in [-0.2, 0) is 13.0 Å². The Kier molecular flexibility index (Phi) is 5.70. The van der Waals surface area contributed by atoms with Gasteiger partial charge in [-0.1, -0.05) is 12.1 Å². The number of hydrogen-bond donors (Lipinski definition) is 3. The molecule has 0 saturated carbocycles. The van der Waals surface area contributed by atoms with E-state index < -0.39 is 17.2 Å². The van der Waals surface area contributed by atoms with Crippen LogP contribution in [0.25, 0.3) is 11.0 Å². The van der Waals surface area contributed by atoms with E-state index >= 15 is 0 Å². The van der Waals surface area contributed by atoms with E-state index in [1.807, 2.05) is 0 Å². The number of aryl methyl sites for hydroxylation is 1. The number of aromatic hydroxyl groups is 1. The molecule has 2 heterocycles. The number of hydrogen-bond acceptors (Lipinski definition) is 5. The summed E-state index contributed by atoms with van der Waals surface area (Å²) in [7, 11) is 1.36. The van der Waals surface area contributed by atoms with Crippen LogP contribution in [0, 0.1) is 5.82 Å². The Morgan fingerprint density at radius 1 is 1.25 bits per heavy atom. The lowest BCUT2D eigenvalue weighted by Crippen LogP contribution is -2.32. The Bertz CT molecular complexity index is 1080. The van der Waals surface area contributed by atoms with Crippen LogP contribution in [-0.4, -0.2) is 39.3 Å². The standard InChI is InChI=1S/C20H20FN3O4/c1-22-19(27)16-18(26)17-15(24(20(16)28)7-2-8-25)10-13(11-23-17)9-12-3-5-14(21)6-4-12/h3-6,10-11,25-26H,2,7-9H2,1H3,(H,22,27). The van der Waals surface area contributed by atoms with Gasteiger partial charge in [0.25, 0.3) is 11.5 Å². The summed E-state index contributed by atoms with van der Waals surface area (Å²) < 4.78 is 14.4. The van der Waals surface area contributed by atoms with E-state index in [9.17, 15) is 19.1 Å². The Morgan fingerprint density at radius 2 is 1.96 bits per heavy atom. The zero-order valence-corrected chi connectivity index (χ0v) is 15.3. The molecule has 28 heavy (non-hydrogen) atoms. The third kappa shape index (κ3) is 3.72. The topological polar surface area (TPSA) is 104 Å². The molecule has 3 aromatic rings. The first-order valence-electron chi connectivity index (χ1n) is 8.78. The minimum Gasteiger partial charge on any atom is -0.505 e. The molecule has 0 bridgehead atoms. The lowest BCUT2D eigenvalue weighted by molar-refractivity contribution is 0.0958. The Hall–Kier alpha value is -3.26. The number of aliphatic hydroxyl groups is 1. The molecule has 0 saturated heterocycles. The van der Waals surface area contributed by atoms with Crippen LogP contribution in [0.3, 0.4) is 0 Å². The normalized spacial score (nSPS) is 11.0. The molecule has 7 nitrogen and oxygen atoms in total. The van der Waals surface area contributed by atoms with Crippen LogP contribution in [0.5, 0.6) is 5.75 Å². The van der Waals surface area contributed by atoms with E-state index in [1.54, 1.807) is 24.4 Å². The second kappa shape index (κ2) is 8.18. The quantitative estimate of drug-likeness (QED) is 0.598. The molecule has 0 aliphatic heterocycles. The molecule has 0 aliphatic carbocycles. The average molecular weight is 385 g/mol. The maximum Gasteiger partial charge on any atom is 0.267 e. The molecule has 0 spiro atoms. The number of aliphatic hydroxyl groups excluding tert-OH is 1. The van der Waals surface area contributed by atoms with Crippen LogP contribution in [0.15, 0.2) is 41.3 Å². The second-order valence-electron chi connectivity index (χ2n) is 6.35. The number of benzene rings is 1. The summed E-state index contributed by atoms with van der Waals surface area (Å²) in [6.07, 6.45) is 2.30. The number of nitrogens with one attached hydrogen (secondary N) is 1. The lowest BCUT2D eigenvalue weighted by atomic mass is 10.1. The highest BCUT2D eigenvalue weighted by Crippen LogP contribution is 2.26. The van der Waals surface area contributed by atoms with Crippen molar-refractivity contribution in [2.45, 2.75) is 19.4 Å². The first kappa shape index (κ1) is 19.5. The van der Waals surface area contributed by atoms with Crippen molar-refractivity contribution in [3.8, 4) is 5.75 Å². The van der Waals surface area contributed by atoms with Gasteiger partial charge in [-0.15, -0.1) is 0 Å². The Balaban J connectivity index is 2.16. The van der Waals surface area contributed by atoms with Crippen LogP contribution >= 0.6 is 0 Å². The van der Waals surface area contributed by atoms with E-state index in [0.717, 1.165) is 11.1 Å². The third-order valence-corrected chi connectivity index (χ3v) is 4.45. The molecule has 3 N–H and O–H groups in total. The van der Waals surface area contributed by atoms with E-state index in [2.05, 4.69) is 10.3 Å². The van der Waals surface area contributed by atoms with Gasteiger partial charge in [0, 0.05) is 26.4 Å². The van der Waals surface area contributed by atoms with E-state index in [4.69, 9.17) is 5.11 Å². The number of amides is 1. The molecule has 2 aromatic heterocycles. The predicted octanol–water partition coefficient (Wildman–Crippen LogP) is 1.57. The summed E-state index contributed by atoms with van der Waals surface area (Å²) in [6, 6.07) is 7.75. The molecule has 3 rings (SSSR count). The van der Waals surface area contributed by atoms with Gasteiger partial charge in [-0.25, -0.2) is 4.39 Å². The van der Waals surface area contributed by atoms with Gasteiger partial charge in [-0.2, -0.15) is 0 Å². The smallest absolute Gasteiger partial charge is 0.267 e. The van der Waals surface area contributed by atoms with Crippen molar-refractivity contribution >= 4 is 16.9 Å². The summed E-state index contributed by atoms with van der Waals surface area (Å²) in [5, 5.41) is 22.0. The van der Waals surface area contributed by atoms with Crippen molar-refractivity contribution < 1.29 is 19.4 Å². The fourth-order valence-electron chi connectivity index (χ4n) is 3.06. The first-order valence-corrected chi connectivity index (χ1v) is 8.78. The molecular weight excluding hydrogens is 365 g/mol. The molecular formula is C20H20FN3O4. The Labute approximate surface area is 160 Å².